The van der Waals surface area contributed by atoms with Crippen molar-refractivity contribution in [2.75, 3.05) is 0 Å². The van der Waals surface area contributed by atoms with Crippen LogP contribution in [0.2, 0.25) is 0 Å². The van der Waals surface area contributed by atoms with Crippen LogP contribution in [0.25, 0.3) is 11.1 Å². The van der Waals surface area contributed by atoms with Crippen LogP contribution in [0.15, 0.2) is 59.8 Å². The zero-order valence-electron chi connectivity index (χ0n) is 11.0. The normalized spacial score (nSPS) is 11.0. The fourth-order valence-electron chi connectivity index (χ4n) is 1.72. The molecule has 1 amide bonds. The van der Waals surface area contributed by atoms with Crippen molar-refractivity contribution >= 4 is 11.8 Å². The quantitative estimate of drug-likeness (QED) is 0.296. The second kappa shape index (κ2) is 6.49. The van der Waals surface area contributed by atoms with E-state index in [1.165, 1.54) is 0 Å². The minimum Gasteiger partial charge on any atom is -0.297 e. The molecule has 0 bridgehead atoms. The number of benzene rings is 2. The van der Waals surface area contributed by atoms with Crippen molar-refractivity contribution in [2.45, 2.75) is 6.92 Å². The van der Waals surface area contributed by atoms with Gasteiger partial charge in [0.1, 0.15) is 0 Å². The summed E-state index contributed by atoms with van der Waals surface area (Å²) in [7, 11) is 0. The average molecular weight is 269 g/mol. The number of nitrogens with one attached hydrogen (secondary N) is 1. The highest BCUT2D eigenvalue weighted by Gasteiger charge is 2.02. The Hall–Kier alpha value is -2.66. The van der Waals surface area contributed by atoms with Crippen LogP contribution in [0.5, 0.6) is 0 Å². The van der Waals surface area contributed by atoms with Gasteiger partial charge in [0.15, 0.2) is 0 Å². The highest BCUT2D eigenvalue weighted by molar-refractivity contribution is 5.99. The molecule has 2 aromatic carbocycles. The first kappa shape index (κ1) is 13.8. The summed E-state index contributed by atoms with van der Waals surface area (Å²) in [6.07, 6.45) is -0.801. The van der Waals surface area contributed by atoms with Gasteiger partial charge in [0, 0.05) is 0 Å². The number of oxime groups is 1. The molecular weight excluding hydrogens is 254 g/mol. The molecule has 0 saturated carbocycles. The molecule has 2 rings (SSSR count). The highest BCUT2D eigenvalue weighted by Crippen LogP contribution is 2.19. The van der Waals surface area contributed by atoms with Crippen molar-refractivity contribution in [3.8, 4) is 11.1 Å². The van der Waals surface area contributed by atoms with Crippen molar-refractivity contribution in [2.24, 2.45) is 11.0 Å². The van der Waals surface area contributed by atoms with Crippen LogP contribution in [0.1, 0.15) is 12.5 Å². The zero-order chi connectivity index (χ0) is 14.4. The standard InChI is InChI=1S/C15H15N3O2/c1-11(18-20-15(19)17-16)12-7-9-14(10-8-12)13-5-3-2-4-6-13/h2-10H,16H2,1H3,(H,17,19)/b18-11+. The summed E-state index contributed by atoms with van der Waals surface area (Å²) in [5.41, 5.74) is 5.55. The Morgan fingerprint density at radius 3 is 2.25 bits per heavy atom. The van der Waals surface area contributed by atoms with Crippen LogP contribution in [-0.2, 0) is 4.84 Å². The van der Waals surface area contributed by atoms with E-state index in [9.17, 15) is 4.79 Å². The van der Waals surface area contributed by atoms with E-state index in [4.69, 9.17) is 5.84 Å². The van der Waals surface area contributed by atoms with Crippen molar-refractivity contribution in [3.63, 3.8) is 0 Å². The number of amides is 1. The Morgan fingerprint density at radius 1 is 1.05 bits per heavy atom. The third kappa shape index (κ3) is 3.43. The molecule has 0 aliphatic rings. The van der Waals surface area contributed by atoms with E-state index in [1.54, 1.807) is 6.92 Å². The molecule has 0 saturated heterocycles. The molecule has 0 atom stereocenters. The van der Waals surface area contributed by atoms with Crippen LogP contribution in [-0.4, -0.2) is 11.8 Å². The van der Waals surface area contributed by atoms with E-state index in [0.717, 1.165) is 16.7 Å². The lowest BCUT2D eigenvalue weighted by atomic mass is 10.0. The molecule has 0 aliphatic heterocycles. The topological polar surface area (TPSA) is 76.7 Å². The van der Waals surface area contributed by atoms with Gasteiger partial charge in [0.05, 0.1) is 5.71 Å². The third-order valence-electron chi connectivity index (χ3n) is 2.79. The van der Waals surface area contributed by atoms with Gasteiger partial charge in [0.2, 0.25) is 0 Å². The molecule has 0 fully saturated rings. The zero-order valence-corrected chi connectivity index (χ0v) is 11.0. The van der Waals surface area contributed by atoms with Gasteiger partial charge in [0.25, 0.3) is 0 Å². The van der Waals surface area contributed by atoms with Gasteiger partial charge in [-0.3, -0.25) is 10.3 Å². The predicted octanol–water partition coefficient (Wildman–Crippen LogP) is 2.68. The lowest BCUT2D eigenvalue weighted by Gasteiger charge is -2.04. The van der Waals surface area contributed by atoms with Crippen LogP contribution in [0.3, 0.4) is 0 Å². The molecule has 5 heteroatoms. The molecule has 3 N–H and O–H groups in total. The van der Waals surface area contributed by atoms with E-state index in [2.05, 4.69) is 9.99 Å². The number of hydrogen-bond acceptors (Lipinski definition) is 4. The number of hydrazine groups is 1. The Labute approximate surface area is 117 Å². The molecule has 5 nitrogen and oxygen atoms in total. The van der Waals surface area contributed by atoms with Crippen LogP contribution >= 0.6 is 0 Å². The van der Waals surface area contributed by atoms with Gasteiger partial charge in [-0.2, -0.15) is 0 Å². The molecule has 0 aliphatic carbocycles. The highest BCUT2D eigenvalue weighted by atomic mass is 16.7. The first-order valence-electron chi connectivity index (χ1n) is 6.09. The van der Waals surface area contributed by atoms with E-state index < -0.39 is 6.09 Å². The summed E-state index contributed by atoms with van der Waals surface area (Å²) in [6.45, 7) is 1.75. The minimum atomic E-state index is -0.801. The van der Waals surface area contributed by atoms with Gasteiger partial charge in [-0.05, 0) is 23.6 Å². The van der Waals surface area contributed by atoms with Crippen LogP contribution in [0.4, 0.5) is 4.79 Å². The number of nitrogens with zero attached hydrogens (tertiary/aromatic N) is 1. The summed E-state index contributed by atoms with van der Waals surface area (Å²) in [5.74, 6) is 4.89. The number of carbonyl (C=O) groups excluding carboxylic acids is 1. The lowest BCUT2D eigenvalue weighted by molar-refractivity contribution is 0.151. The fraction of sp³-hybridized carbons (Fsp3) is 0.0667. The smallest absolute Gasteiger partial charge is 0.297 e. The Morgan fingerprint density at radius 2 is 1.65 bits per heavy atom. The van der Waals surface area contributed by atoms with Gasteiger partial charge < -0.3 is 0 Å². The molecule has 102 valence electrons. The summed E-state index contributed by atoms with van der Waals surface area (Å²) < 4.78 is 0. The van der Waals surface area contributed by atoms with Gasteiger partial charge in [-0.25, -0.2) is 10.6 Å². The molecular formula is C15H15N3O2. The maximum absolute atomic E-state index is 10.8. The SMILES string of the molecule is C/C(=N\OC(=O)NN)c1ccc(-c2ccccc2)cc1. The Balaban J connectivity index is 2.14. The first-order chi connectivity index (χ1) is 9.70. The van der Waals surface area contributed by atoms with Gasteiger partial charge in [-0.15, -0.1) is 0 Å². The second-order valence-electron chi connectivity index (χ2n) is 4.14. The molecule has 0 radical (unpaired) electrons. The maximum atomic E-state index is 10.8. The van der Waals surface area contributed by atoms with Crippen LogP contribution < -0.4 is 11.3 Å². The molecule has 20 heavy (non-hydrogen) atoms. The van der Waals surface area contributed by atoms with Crippen molar-refractivity contribution < 1.29 is 9.63 Å². The summed E-state index contributed by atoms with van der Waals surface area (Å²) >= 11 is 0. The molecule has 0 aromatic heterocycles. The van der Waals surface area contributed by atoms with Crippen molar-refractivity contribution in [1.82, 2.24) is 5.43 Å². The monoisotopic (exact) mass is 269 g/mol. The third-order valence-corrected chi connectivity index (χ3v) is 2.79. The molecule has 0 spiro atoms. The molecule has 0 heterocycles. The molecule has 0 unspecified atom stereocenters. The Bertz CT molecular complexity index is 607. The molecule has 2 aromatic rings. The van der Waals surface area contributed by atoms with E-state index in [0.29, 0.717) is 5.71 Å². The van der Waals surface area contributed by atoms with Gasteiger partial charge >= 0.3 is 6.09 Å². The maximum Gasteiger partial charge on any atom is 0.447 e. The predicted molar refractivity (Wildman–Crippen MR) is 77.9 cm³/mol. The summed E-state index contributed by atoms with van der Waals surface area (Å²) in [4.78, 5) is 15.4. The van der Waals surface area contributed by atoms with E-state index in [-0.39, 0.29) is 0 Å². The van der Waals surface area contributed by atoms with E-state index >= 15 is 0 Å². The van der Waals surface area contributed by atoms with Crippen molar-refractivity contribution in [3.05, 3.63) is 60.2 Å². The van der Waals surface area contributed by atoms with E-state index in [1.807, 2.05) is 60.0 Å². The fourth-order valence-corrected chi connectivity index (χ4v) is 1.72. The Kier molecular flexibility index (Phi) is 4.47. The summed E-state index contributed by atoms with van der Waals surface area (Å²) in [6, 6.07) is 17.9. The lowest BCUT2D eigenvalue weighted by Crippen LogP contribution is -2.29. The average Bonchev–Trinajstić information content (AvgIpc) is 2.53. The largest absolute Gasteiger partial charge is 0.447 e. The number of hydrogen-bond donors (Lipinski definition) is 2. The van der Waals surface area contributed by atoms with Crippen molar-refractivity contribution in [1.29, 1.82) is 0 Å². The second-order valence-corrected chi connectivity index (χ2v) is 4.14. The number of nitrogens with two attached hydrogens (primary N) is 1. The first-order valence-corrected chi connectivity index (χ1v) is 6.09. The van der Waals surface area contributed by atoms with Crippen LogP contribution in [0, 0.1) is 0 Å². The number of rotatable bonds is 3. The van der Waals surface area contributed by atoms with Gasteiger partial charge in [-0.1, -0.05) is 59.8 Å². The number of carbonyl (C=O) groups is 1. The minimum absolute atomic E-state index is 0.591. The summed E-state index contributed by atoms with van der Waals surface area (Å²) in [5, 5.41) is 3.69.